The summed E-state index contributed by atoms with van der Waals surface area (Å²) in [4.78, 5) is 5.26. The zero-order valence-corrected chi connectivity index (χ0v) is 7.00. The molecule has 2 rings (SSSR count). The summed E-state index contributed by atoms with van der Waals surface area (Å²) < 4.78 is 0. The van der Waals surface area contributed by atoms with Crippen LogP contribution in [0.4, 0.5) is 5.69 Å². The van der Waals surface area contributed by atoms with Crippen LogP contribution >= 0.6 is 0 Å². The van der Waals surface area contributed by atoms with Gasteiger partial charge < -0.3 is 4.84 Å². The van der Waals surface area contributed by atoms with Gasteiger partial charge in [-0.05, 0) is 12.1 Å². The number of fused-ring (bicyclic) bond motifs is 1. The van der Waals surface area contributed by atoms with E-state index in [1.165, 1.54) is 5.56 Å². The monoisotopic (exact) mass is 161 g/mol. The van der Waals surface area contributed by atoms with Gasteiger partial charge in [-0.1, -0.05) is 25.1 Å². The molecule has 0 bridgehead atoms. The van der Waals surface area contributed by atoms with Crippen molar-refractivity contribution in [3.63, 3.8) is 0 Å². The summed E-state index contributed by atoms with van der Waals surface area (Å²) in [5.41, 5.74) is 5.13. The molecule has 12 heavy (non-hydrogen) atoms. The van der Waals surface area contributed by atoms with E-state index in [0.717, 1.165) is 17.9 Å². The van der Waals surface area contributed by atoms with Crippen LogP contribution in [0.2, 0.25) is 0 Å². The van der Waals surface area contributed by atoms with Crippen molar-refractivity contribution in [2.24, 2.45) is 0 Å². The number of rotatable bonds is 1. The predicted octanol–water partition coefficient (Wildman–Crippen LogP) is 2.79. The van der Waals surface area contributed by atoms with Crippen LogP contribution in [0.3, 0.4) is 0 Å². The van der Waals surface area contributed by atoms with Crippen molar-refractivity contribution in [3.05, 3.63) is 35.6 Å². The minimum absolute atomic E-state index is 0.918. The summed E-state index contributed by atoms with van der Waals surface area (Å²) in [7, 11) is 0. The lowest BCUT2D eigenvalue weighted by atomic mass is 10.1. The molecule has 62 valence electrons. The highest BCUT2D eigenvalue weighted by molar-refractivity contribution is 5.68. The molecule has 0 spiro atoms. The van der Waals surface area contributed by atoms with Gasteiger partial charge in [-0.15, -0.1) is 0 Å². The van der Waals surface area contributed by atoms with Crippen LogP contribution in [-0.2, 0) is 4.84 Å². The standard InChI is InChI=1S/C10H11NO/c1-2-9-7-8-5-3-4-6-10(8)11-12-9/h3-7,11H,2H2,1H3. The van der Waals surface area contributed by atoms with Crippen LogP contribution < -0.4 is 5.48 Å². The average molecular weight is 161 g/mol. The Bertz CT molecular complexity index is 317. The van der Waals surface area contributed by atoms with Crippen LogP contribution in [0.25, 0.3) is 6.08 Å². The van der Waals surface area contributed by atoms with Crippen molar-refractivity contribution < 1.29 is 4.84 Å². The fraction of sp³-hybridized carbons (Fsp3) is 0.200. The van der Waals surface area contributed by atoms with Gasteiger partial charge in [0.25, 0.3) is 0 Å². The van der Waals surface area contributed by atoms with Gasteiger partial charge >= 0.3 is 0 Å². The quantitative estimate of drug-likeness (QED) is 0.683. The second-order valence-electron chi connectivity index (χ2n) is 2.76. The van der Waals surface area contributed by atoms with Crippen LogP contribution in [0.15, 0.2) is 30.0 Å². The zero-order chi connectivity index (χ0) is 8.39. The van der Waals surface area contributed by atoms with Crippen LogP contribution in [0.5, 0.6) is 0 Å². The van der Waals surface area contributed by atoms with Crippen molar-refractivity contribution in [2.75, 3.05) is 5.48 Å². The molecule has 1 aromatic rings. The van der Waals surface area contributed by atoms with E-state index in [2.05, 4.69) is 24.5 Å². The summed E-state index contributed by atoms with van der Waals surface area (Å²) in [6.07, 6.45) is 2.98. The van der Waals surface area contributed by atoms with Crippen molar-refractivity contribution in [3.8, 4) is 0 Å². The normalized spacial score (nSPS) is 13.9. The highest BCUT2D eigenvalue weighted by Crippen LogP contribution is 2.24. The van der Waals surface area contributed by atoms with E-state index in [1.54, 1.807) is 0 Å². The van der Waals surface area contributed by atoms with Gasteiger partial charge in [0.1, 0.15) is 5.76 Å². The Morgan fingerprint density at radius 2 is 2.17 bits per heavy atom. The number of hydrogen-bond donors (Lipinski definition) is 1. The van der Waals surface area contributed by atoms with Crippen LogP contribution in [-0.4, -0.2) is 0 Å². The number of nitrogens with one attached hydrogen (secondary N) is 1. The third-order valence-electron chi connectivity index (χ3n) is 1.92. The lowest BCUT2D eigenvalue weighted by Crippen LogP contribution is -2.06. The Morgan fingerprint density at radius 1 is 1.33 bits per heavy atom. The van der Waals surface area contributed by atoms with E-state index in [4.69, 9.17) is 4.84 Å². The van der Waals surface area contributed by atoms with Crippen molar-refractivity contribution in [2.45, 2.75) is 13.3 Å². The smallest absolute Gasteiger partial charge is 0.132 e. The van der Waals surface area contributed by atoms with E-state index in [0.29, 0.717) is 0 Å². The van der Waals surface area contributed by atoms with Gasteiger partial charge in [0.2, 0.25) is 0 Å². The first-order valence-corrected chi connectivity index (χ1v) is 4.12. The lowest BCUT2D eigenvalue weighted by molar-refractivity contribution is 0.274. The average Bonchev–Trinajstić information content (AvgIpc) is 2.17. The minimum Gasteiger partial charge on any atom is -0.387 e. The second-order valence-corrected chi connectivity index (χ2v) is 2.76. The van der Waals surface area contributed by atoms with Gasteiger partial charge in [-0.3, -0.25) is 0 Å². The molecule has 1 aromatic carbocycles. The molecule has 0 atom stereocenters. The molecule has 2 heteroatoms. The Hall–Kier alpha value is -1.44. The fourth-order valence-electron chi connectivity index (χ4n) is 1.21. The summed E-state index contributed by atoms with van der Waals surface area (Å²) in [6.45, 7) is 2.07. The minimum atomic E-state index is 0.918. The fourth-order valence-corrected chi connectivity index (χ4v) is 1.21. The molecule has 0 aliphatic carbocycles. The van der Waals surface area contributed by atoms with E-state index < -0.39 is 0 Å². The Morgan fingerprint density at radius 3 is 3.00 bits per heavy atom. The molecule has 1 N–H and O–H groups in total. The molecule has 1 aliphatic heterocycles. The summed E-state index contributed by atoms with van der Waals surface area (Å²) in [5, 5.41) is 0. The molecule has 0 aromatic heterocycles. The zero-order valence-electron chi connectivity index (χ0n) is 7.00. The molecule has 0 unspecified atom stereocenters. The highest BCUT2D eigenvalue weighted by atomic mass is 16.6. The first kappa shape index (κ1) is 7.22. The van der Waals surface area contributed by atoms with Gasteiger partial charge in [-0.25, -0.2) is 5.48 Å². The number of hydrogen-bond acceptors (Lipinski definition) is 2. The first-order valence-electron chi connectivity index (χ1n) is 4.12. The molecule has 1 heterocycles. The second kappa shape index (κ2) is 2.89. The lowest BCUT2D eigenvalue weighted by Gasteiger charge is -2.17. The maximum Gasteiger partial charge on any atom is 0.132 e. The maximum absolute atomic E-state index is 5.26. The number of anilines is 1. The van der Waals surface area contributed by atoms with E-state index in [1.807, 2.05) is 18.2 Å². The molecule has 0 fully saturated rings. The molecule has 0 amide bonds. The number of allylic oxidation sites excluding steroid dienone is 1. The summed E-state index contributed by atoms with van der Waals surface area (Å²) in [6, 6.07) is 8.08. The molecule has 1 aliphatic rings. The molecule has 0 saturated carbocycles. The topological polar surface area (TPSA) is 21.3 Å². The molecular formula is C10H11NO. The third kappa shape index (κ3) is 1.16. The Labute approximate surface area is 71.8 Å². The van der Waals surface area contributed by atoms with Crippen molar-refractivity contribution >= 4 is 11.8 Å². The van der Waals surface area contributed by atoms with E-state index >= 15 is 0 Å². The Balaban J connectivity index is 2.41. The molecule has 2 nitrogen and oxygen atoms in total. The van der Waals surface area contributed by atoms with Crippen molar-refractivity contribution in [1.29, 1.82) is 0 Å². The van der Waals surface area contributed by atoms with Gasteiger partial charge in [-0.2, -0.15) is 0 Å². The SMILES string of the molecule is CCC1=Cc2ccccc2NO1. The summed E-state index contributed by atoms with van der Waals surface area (Å²) in [5.74, 6) is 0.980. The number of para-hydroxylation sites is 1. The van der Waals surface area contributed by atoms with E-state index in [-0.39, 0.29) is 0 Å². The Kier molecular flexibility index (Phi) is 1.74. The van der Waals surface area contributed by atoms with Gasteiger partial charge in [0, 0.05) is 12.0 Å². The van der Waals surface area contributed by atoms with Crippen LogP contribution in [0, 0.1) is 0 Å². The first-order chi connectivity index (χ1) is 5.90. The van der Waals surface area contributed by atoms with Crippen LogP contribution in [0.1, 0.15) is 18.9 Å². The molecule has 0 saturated heterocycles. The predicted molar refractivity (Wildman–Crippen MR) is 49.4 cm³/mol. The highest BCUT2D eigenvalue weighted by Gasteiger charge is 2.07. The van der Waals surface area contributed by atoms with Gasteiger partial charge in [0.15, 0.2) is 0 Å². The number of benzene rings is 1. The van der Waals surface area contributed by atoms with Crippen molar-refractivity contribution in [1.82, 2.24) is 0 Å². The molecule has 0 radical (unpaired) electrons. The largest absolute Gasteiger partial charge is 0.387 e. The van der Waals surface area contributed by atoms with Gasteiger partial charge in [0.05, 0.1) is 5.69 Å². The maximum atomic E-state index is 5.26. The third-order valence-corrected chi connectivity index (χ3v) is 1.92. The summed E-state index contributed by atoms with van der Waals surface area (Å²) >= 11 is 0. The van der Waals surface area contributed by atoms with E-state index in [9.17, 15) is 0 Å². The molecular weight excluding hydrogens is 150 g/mol.